The Labute approximate surface area is 88.4 Å². The molecule has 0 amide bonds. The normalized spacial score (nSPS) is 10.4. The number of aromatic nitrogens is 2. The van der Waals surface area contributed by atoms with Crippen LogP contribution in [0.25, 0.3) is 10.9 Å². The maximum atomic E-state index is 10.9. The van der Waals surface area contributed by atoms with Crippen molar-refractivity contribution in [3.8, 4) is 5.75 Å². The zero-order valence-electron chi connectivity index (χ0n) is 7.37. The fraction of sp³-hybridized carbons (Fsp3) is 0.111. The monoisotopic (exact) mass is 254 g/mol. The lowest BCUT2D eigenvalue weighted by Crippen LogP contribution is -2.02. The van der Waals surface area contributed by atoms with Gasteiger partial charge in [0.25, 0.3) is 0 Å². The first-order valence-corrected chi connectivity index (χ1v) is 4.78. The first-order valence-electron chi connectivity index (χ1n) is 3.98. The highest BCUT2D eigenvalue weighted by Crippen LogP contribution is 2.32. The summed E-state index contributed by atoms with van der Waals surface area (Å²) in [6.45, 7) is 1.37. The fourth-order valence-electron chi connectivity index (χ4n) is 1.21. The summed E-state index contributed by atoms with van der Waals surface area (Å²) in [7, 11) is 0. The van der Waals surface area contributed by atoms with Gasteiger partial charge in [-0.3, -0.25) is 9.89 Å². The number of esters is 1. The molecule has 0 atom stereocenters. The van der Waals surface area contributed by atoms with Crippen molar-refractivity contribution in [2.24, 2.45) is 0 Å². The Hall–Kier alpha value is -1.36. The standard InChI is InChI=1S/C9H7BrN2O2/c1-5(13)14-9-6-4-11-12-8(6)3-2-7(9)10/h2-4H,1H3,(H,11,12). The summed E-state index contributed by atoms with van der Waals surface area (Å²) in [5, 5.41) is 7.46. The Morgan fingerprint density at radius 3 is 3.07 bits per heavy atom. The zero-order valence-corrected chi connectivity index (χ0v) is 8.96. The number of halogens is 1. The molecule has 0 aliphatic heterocycles. The van der Waals surface area contributed by atoms with Gasteiger partial charge in [-0.25, -0.2) is 0 Å². The third-order valence-corrected chi connectivity index (χ3v) is 2.40. The molecule has 0 aliphatic carbocycles. The minimum atomic E-state index is -0.348. The van der Waals surface area contributed by atoms with Crippen LogP contribution in [0.5, 0.6) is 5.75 Å². The SMILES string of the molecule is CC(=O)Oc1c(Br)ccc2[nH]ncc12. The van der Waals surface area contributed by atoms with Crippen LogP contribution in [0.2, 0.25) is 0 Å². The number of nitrogens with one attached hydrogen (secondary N) is 1. The smallest absolute Gasteiger partial charge is 0.308 e. The number of carbonyl (C=O) groups is 1. The average molecular weight is 255 g/mol. The predicted molar refractivity (Wildman–Crippen MR) is 55.1 cm³/mol. The molecule has 4 nitrogen and oxygen atoms in total. The molecule has 0 aliphatic rings. The van der Waals surface area contributed by atoms with Crippen molar-refractivity contribution in [1.82, 2.24) is 10.2 Å². The van der Waals surface area contributed by atoms with Crippen LogP contribution in [0, 0.1) is 0 Å². The summed E-state index contributed by atoms with van der Waals surface area (Å²) >= 11 is 3.31. The molecule has 14 heavy (non-hydrogen) atoms. The zero-order chi connectivity index (χ0) is 10.1. The number of rotatable bonds is 1. The second kappa shape index (κ2) is 3.42. The van der Waals surface area contributed by atoms with Crippen molar-refractivity contribution >= 4 is 32.8 Å². The molecule has 0 spiro atoms. The van der Waals surface area contributed by atoms with Crippen LogP contribution in [0.3, 0.4) is 0 Å². The average Bonchev–Trinajstić information content (AvgIpc) is 2.57. The van der Waals surface area contributed by atoms with Crippen LogP contribution >= 0.6 is 15.9 Å². The number of fused-ring (bicyclic) bond motifs is 1. The van der Waals surface area contributed by atoms with Crippen molar-refractivity contribution in [2.75, 3.05) is 0 Å². The van der Waals surface area contributed by atoms with E-state index >= 15 is 0 Å². The summed E-state index contributed by atoms with van der Waals surface area (Å²) in [6, 6.07) is 3.66. The molecule has 5 heteroatoms. The van der Waals surface area contributed by atoms with Gasteiger partial charge in [0.1, 0.15) is 0 Å². The van der Waals surface area contributed by atoms with Crippen LogP contribution in [-0.4, -0.2) is 16.2 Å². The fourth-order valence-corrected chi connectivity index (χ4v) is 1.64. The van der Waals surface area contributed by atoms with Gasteiger partial charge >= 0.3 is 5.97 Å². The number of H-pyrrole nitrogens is 1. The molecule has 0 saturated heterocycles. The van der Waals surface area contributed by atoms with E-state index < -0.39 is 0 Å². The van der Waals surface area contributed by atoms with Crippen molar-refractivity contribution in [2.45, 2.75) is 6.92 Å². The van der Waals surface area contributed by atoms with Gasteiger partial charge in [0, 0.05) is 6.92 Å². The number of carbonyl (C=O) groups excluding carboxylic acids is 1. The molecule has 0 radical (unpaired) electrons. The predicted octanol–water partition coefficient (Wildman–Crippen LogP) is 2.25. The van der Waals surface area contributed by atoms with Gasteiger partial charge in [0.15, 0.2) is 5.75 Å². The number of nitrogens with zero attached hydrogens (tertiary/aromatic N) is 1. The number of hydrogen-bond acceptors (Lipinski definition) is 3. The third kappa shape index (κ3) is 1.50. The first-order chi connectivity index (χ1) is 6.68. The number of ether oxygens (including phenoxy) is 1. The molecule has 0 saturated carbocycles. The lowest BCUT2D eigenvalue weighted by molar-refractivity contribution is -0.131. The molecule has 0 fully saturated rings. The molecular weight excluding hydrogens is 248 g/mol. The minimum Gasteiger partial charge on any atom is -0.425 e. The van der Waals surface area contributed by atoms with Gasteiger partial charge in [-0.15, -0.1) is 0 Å². The molecule has 1 heterocycles. The number of benzene rings is 1. The molecule has 72 valence electrons. The second-order valence-electron chi connectivity index (χ2n) is 2.80. The minimum absolute atomic E-state index is 0.348. The summed E-state index contributed by atoms with van der Waals surface area (Å²) in [6.07, 6.45) is 1.62. The molecule has 0 unspecified atom stereocenters. The summed E-state index contributed by atoms with van der Waals surface area (Å²) < 4.78 is 5.81. The van der Waals surface area contributed by atoms with Crippen molar-refractivity contribution in [3.05, 3.63) is 22.8 Å². The van der Waals surface area contributed by atoms with E-state index in [4.69, 9.17) is 4.74 Å². The first kappa shape index (κ1) is 9.21. The van der Waals surface area contributed by atoms with E-state index in [9.17, 15) is 4.79 Å². The quantitative estimate of drug-likeness (QED) is 0.628. The summed E-state index contributed by atoms with van der Waals surface area (Å²) in [5.41, 5.74) is 0.837. The molecule has 1 aromatic carbocycles. The van der Waals surface area contributed by atoms with Gasteiger partial charge in [0.05, 0.1) is 21.6 Å². The summed E-state index contributed by atoms with van der Waals surface area (Å²) in [4.78, 5) is 10.9. The maximum Gasteiger partial charge on any atom is 0.308 e. The van der Waals surface area contributed by atoms with E-state index in [1.165, 1.54) is 6.92 Å². The van der Waals surface area contributed by atoms with E-state index in [1.54, 1.807) is 12.3 Å². The third-order valence-electron chi connectivity index (χ3n) is 1.77. The maximum absolute atomic E-state index is 10.9. The Morgan fingerprint density at radius 2 is 2.36 bits per heavy atom. The van der Waals surface area contributed by atoms with Crippen LogP contribution in [0.1, 0.15) is 6.92 Å². The highest BCUT2D eigenvalue weighted by Gasteiger charge is 2.10. The van der Waals surface area contributed by atoms with Gasteiger partial charge in [0.2, 0.25) is 0 Å². The van der Waals surface area contributed by atoms with E-state index in [-0.39, 0.29) is 5.97 Å². The van der Waals surface area contributed by atoms with Crippen LogP contribution in [0.4, 0.5) is 0 Å². The number of hydrogen-bond donors (Lipinski definition) is 1. The molecular formula is C9H7BrN2O2. The van der Waals surface area contributed by atoms with Crippen LogP contribution in [-0.2, 0) is 4.79 Å². The van der Waals surface area contributed by atoms with Crippen molar-refractivity contribution in [3.63, 3.8) is 0 Å². The van der Waals surface area contributed by atoms with Crippen LogP contribution < -0.4 is 4.74 Å². The second-order valence-corrected chi connectivity index (χ2v) is 3.66. The van der Waals surface area contributed by atoms with Gasteiger partial charge in [-0.2, -0.15) is 5.10 Å². The van der Waals surface area contributed by atoms with E-state index in [0.717, 1.165) is 15.4 Å². The Bertz CT molecular complexity index is 493. The molecule has 2 aromatic rings. The molecule has 0 bridgehead atoms. The Morgan fingerprint density at radius 1 is 1.57 bits per heavy atom. The largest absolute Gasteiger partial charge is 0.425 e. The van der Waals surface area contributed by atoms with Gasteiger partial charge in [-0.05, 0) is 28.1 Å². The van der Waals surface area contributed by atoms with E-state index in [2.05, 4.69) is 26.1 Å². The lowest BCUT2D eigenvalue weighted by atomic mass is 10.2. The molecule has 2 rings (SSSR count). The van der Waals surface area contributed by atoms with Gasteiger partial charge in [-0.1, -0.05) is 0 Å². The highest BCUT2D eigenvalue weighted by atomic mass is 79.9. The van der Waals surface area contributed by atoms with E-state index in [0.29, 0.717) is 5.75 Å². The van der Waals surface area contributed by atoms with Crippen molar-refractivity contribution in [1.29, 1.82) is 0 Å². The topological polar surface area (TPSA) is 55.0 Å². The Kier molecular flexibility index (Phi) is 2.25. The van der Waals surface area contributed by atoms with Crippen molar-refractivity contribution < 1.29 is 9.53 Å². The number of aromatic amines is 1. The van der Waals surface area contributed by atoms with Gasteiger partial charge < -0.3 is 4.74 Å². The van der Waals surface area contributed by atoms with Crippen LogP contribution in [0.15, 0.2) is 22.8 Å². The molecule has 1 aromatic heterocycles. The lowest BCUT2D eigenvalue weighted by Gasteiger charge is -2.04. The van der Waals surface area contributed by atoms with E-state index in [1.807, 2.05) is 6.07 Å². The Balaban J connectivity index is 2.64. The highest BCUT2D eigenvalue weighted by molar-refractivity contribution is 9.10. The molecule has 1 N–H and O–H groups in total. The summed E-state index contributed by atoms with van der Waals surface area (Å²) in [5.74, 6) is 0.156.